The average molecular weight is 305 g/mol. The lowest BCUT2D eigenvalue weighted by molar-refractivity contribution is 0.0988. The number of carbonyl (C=O) groups excluding carboxylic acids is 1. The first-order valence-corrected chi connectivity index (χ1v) is 8.29. The van der Waals surface area contributed by atoms with E-state index in [4.69, 9.17) is 20.2 Å². The molecule has 0 radical (unpaired) electrons. The molecule has 19 heavy (non-hydrogen) atoms. The molecule has 1 aromatic carbocycles. The number of hydrogen-bond donors (Lipinski definition) is 0. The van der Waals surface area contributed by atoms with E-state index < -0.39 is 9.05 Å². The van der Waals surface area contributed by atoms with Crippen LogP contribution in [0, 0.1) is 0 Å². The van der Waals surface area contributed by atoms with Gasteiger partial charge in [0.25, 0.3) is 0 Å². The summed E-state index contributed by atoms with van der Waals surface area (Å²) in [6, 6.07) is 4.82. The first-order chi connectivity index (χ1) is 8.96. The number of carbonyl (C=O) groups is 1. The van der Waals surface area contributed by atoms with Gasteiger partial charge in [-0.25, -0.2) is 8.42 Å². The molecule has 0 saturated heterocycles. The molecular weight excluding hydrogens is 292 g/mol. The van der Waals surface area contributed by atoms with Crippen molar-refractivity contribution in [1.82, 2.24) is 0 Å². The third-order valence-electron chi connectivity index (χ3n) is 2.64. The van der Waals surface area contributed by atoms with Gasteiger partial charge in [0.2, 0.25) is 9.05 Å². The first-order valence-electron chi connectivity index (χ1n) is 5.81. The number of rotatable bonds is 4. The Labute approximate surface area is 115 Å². The zero-order valence-corrected chi connectivity index (χ0v) is 11.7. The highest BCUT2D eigenvalue weighted by atomic mass is 35.7. The van der Waals surface area contributed by atoms with E-state index in [0.29, 0.717) is 30.3 Å². The van der Waals surface area contributed by atoms with E-state index in [1.165, 1.54) is 0 Å². The molecule has 0 atom stereocenters. The van der Waals surface area contributed by atoms with E-state index in [9.17, 15) is 13.2 Å². The van der Waals surface area contributed by atoms with Gasteiger partial charge in [0.05, 0.1) is 19.0 Å². The molecule has 1 aromatic rings. The summed E-state index contributed by atoms with van der Waals surface area (Å²) in [6.45, 7) is 1.10. The maximum atomic E-state index is 11.8. The molecule has 0 unspecified atom stereocenters. The second-order valence-corrected chi connectivity index (χ2v) is 7.02. The van der Waals surface area contributed by atoms with Crippen LogP contribution < -0.4 is 9.47 Å². The van der Waals surface area contributed by atoms with Crippen LogP contribution >= 0.6 is 10.7 Å². The Morgan fingerprint density at radius 1 is 1.21 bits per heavy atom. The molecule has 1 aliphatic rings. The summed E-state index contributed by atoms with van der Waals surface area (Å²) in [5, 5.41) is 0. The summed E-state index contributed by atoms with van der Waals surface area (Å²) in [5.41, 5.74) is 0.393. The van der Waals surface area contributed by atoms with E-state index in [2.05, 4.69) is 0 Å². The summed E-state index contributed by atoms with van der Waals surface area (Å²) in [4.78, 5) is 11.8. The minimum absolute atomic E-state index is 0.147. The third-order valence-corrected chi connectivity index (χ3v) is 3.80. The Bertz CT molecular complexity index is 582. The topological polar surface area (TPSA) is 69.7 Å². The van der Waals surface area contributed by atoms with E-state index in [-0.39, 0.29) is 18.0 Å². The first kappa shape index (κ1) is 14.1. The molecule has 5 nitrogen and oxygen atoms in total. The SMILES string of the molecule is O=C(CCS(=O)(=O)Cl)c1ccc2c(c1)OCCCO2. The van der Waals surface area contributed by atoms with Gasteiger partial charge < -0.3 is 9.47 Å². The zero-order chi connectivity index (χ0) is 13.9. The van der Waals surface area contributed by atoms with E-state index in [1.807, 2.05) is 0 Å². The number of benzene rings is 1. The van der Waals surface area contributed by atoms with Crippen molar-refractivity contribution in [3.05, 3.63) is 23.8 Å². The van der Waals surface area contributed by atoms with Crippen molar-refractivity contribution >= 4 is 25.5 Å². The Balaban J connectivity index is 2.13. The Hall–Kier alpha value is -1.27. The molecule has 104 valence electrons. The summed E-state index contributed by atoms with van der Waals surface area (Å²) >= 11 is 0. The minimum Gasteiger partial charge on any atom is -0.490 e. The molecule has 2 rings (SSSR count). The predicted molar refractivity (Wildman–Crippen MR) is 70.6 cm³/mol. The van der Waals surface area contributed by atoms with Gasteiger partial charge in [-0.1, -0.05) is 0 Å². The van der Waals surface area contributed by atoms with Crippen molar-refractivity contribution < 1.29 is 22.7 Å². The molecule has 0 fully saturated rings. The number of Topliss-reactive ketones (excluding diaryl/α,β-unsaturated/α-hetero) is 1. The van der Waals surface area contributed by atoms with Crippen molar-refractivity contribution in [2.24, 2.45) is 0 Å². The van der Waals surface area contributed by atoms with E-state index in [0.717, 1.165) is 6.42 Å². The van der Waals surface area contributed by atoms with Gasteiger partial charge >= 0.3 is 0 Å². The molecule has 0 bridgehead atoms. The number of ketones is 1. The number of halogens is 1. The summed E-state index contributed by atoms with van der Waals surface area (Å²) < 4.78 is 32.5. The predicted octanol–water partition coefficient (Wildman–Crippen LogP) is 1.99. The van der Waals surface area contributed by atoms with Crippen molar-refractivity contribution in [1.29, 1.82) is 0 Å². The van der Waals surface area contributed by atoms with Crippen LogP contribution in [0.4, 0.5) is 0 Å². The van der Waals surface area contributed by atoms with Crippen LogP contribution in [-0.4, -0.2) is 33.2 Å². The second kappa shape index (κ2) is 5.79. The molecule has 7 heteroatoms. The number of ether oxygens (including phenoxy) is 2. The quantitative estimate of drug-likeness (QED) is 0.628. The molecule has 1 aliphatic heterocycles. The summed E-state index contributed by atoms with van der Waals surface area (Å²) in [5.74, 6) is 0.443. The third kappa shape index (κ3) is 4.11. The Kier molecular flexibility index (Phi) is 4.31. The van der Waals surface area contributed by atoms with Gasteiger partial charge in [-0.3, -0.25) is 4.79 Å². The second-order valence-electron chi connectivity index (χ2n) is 4.13. The average Bonchev–Trinajstić information content (AvgIpc) is 2.59. The largest absolute Gasteiger partial charge is 0.490 e. The van der Waals surface area contributed by atoms with Crippen LogP contribution in [0.25, 0.3) is 0 Å². The van der Waals surface area contributed by atoms with Gasteiger partial charge in [-0.2, -0.15) is 0 Å². The molecule has 0 amide bonds. The van der Waals surface area contributed by atoms with Crippen LogP contribution in [0.3, 0.4) is 0 Å². The highest BCUT2D eigenvalue weighted by Crippen LogP contribution is 2.30. The highest BCUT2D eigenvalue weighted by molar-refractivity contribution is 8.13. The lowest BCUT2D eigenvalue weighted by Crippen LogP contribution is -2.07. The number of fused-ring (bicyclic) bond motifs is 1. The molecule has 0 aliphatic carbocycles. The van der Waals surface area contributed by atoms with E-state index >= 15 is 0 Å². The molecule has 0 saturated carbocycles. The van der Waals surface area contributed by atoms with Crippen LogP contribution in [0.2, 0.25) is 0 Å². The van der Waals surface area contributed by atoms with Crippen LogP contribution in [0.15, 0.2) is 18.2 Å². The summed E-state index contributed by atoms with van der Waals surface area (Å²) in [7, 11) is 1.42. The molecule has 0 spiro atoms. The smallest absolute Gasteiger partial charge is 0.233 e. The van der Waals surface area contributed by atoms with Gasteiger partial charge in [0.15, 0.2) is 17.3 Å². The van der Waals surface area contributed by atoms with Gasteiger partial charge in [0.1, 0.15) is 0 Å². The zero-order valence-electron chi connectivity index (χ0n) is 10.1. The molecule has 0 N–H and O–H groups in total. The van der Waals surface area contributed by atoms with Crippen molar-refractivity contribution in [2.75, 3.05) is 19.0 Å². The molecule has 0 aromatic heterocycles. The van der Waals surface area contributed by atoms with Crippen LogP contribution in [0.5, 0.6) is 11.5 Å². The van der Waals surface area contributed by atoms with Crippen molar-refractivity contribution in [3.63, 3.8) is 0 Å². The van der Waals surface area contributed by atoms with Crippen LogP contribution in [-0.2, 0) is 9.05 Å². The van der Waals surface area contributed by atoms with Crippen molar-refractivity contribution in [3.8, 4) is 11.5 Å². The van der Waals surface area contributed by atoms with Gasteiger partial charge in [0, 0.05) is 29.1 Å². The summed E-state index contributed by atoms with van der Waals surface area (Å²) in [6.07, 6.45) is 0.633. The fourth-order valence-corrected chi connectivity index (χ4v) is 2.36. The number of hydrogen-bond acceptors (Lipinski definition) is 5. The maximum absolute atomic E-state index is 11.8. The van der Waals surface area contributed by atoms with Gasteiger partial charge in [-0.05, 0) is 18.2 Å². The van der Waals surface area contributed by atoms with E-state index in [1.54, 1.807) is 18.2 Å². The Morgan fingerprint density at radius 2 is 1.89 bits per heavy atom. The maximum Gasteiger partial charge on any atom is 0.233 e. The standard InChI is InChI=1S/C12H13ClO5S/c13-19(15,16)7-4-10(14)9-2-3-11-12(8-9)18-6-1-5-17-11/h2-3,8H,1,4-7H2. The molecular formula is C12H13ClO5S. The fourth-order valence-electron chi connectivity index (χ4n) is 1.70. The lowest BCUT2D eigenvalue weighted by Gasteiger charge is -2.08. The van der Waals surface area contributed by atoms with Crippen molar-refractivity contribution in [2.45, 2.75) is 12.8 Å². The monoisotopic (exact) mass is 304 g/mol. The Morgan fingerprint density at radius 3 is 2.58 bits per heavy atom. The lowest BCUT2D eigenvalue weighted by atomic mass is 10.1. The minimum atomic E-state index is -3.65. The highest BCUT2D eigenvalue weighted by Gasteiger charge is 2.16. The van der Waals surface area contributed by atoms with Crippen LogP contribution in [0.1, 0.15) is 23.2 Å². The van der Waals surface area contributed by atoms with Gasteiger partial charge in [-0.15, -0.1) is 0 Å². The fraction of sp³-hybridized carbons (Fsp3) is 0.417. The normalized spacial score (nSPS) is 14.8. The molecule has 1 heterocycles.